The van der Waals surface area contributed by atoms with Gasteiger partial charge in [-0.3, -0.25) is 0 Å². The fraction of sp³-hybridized carbons (Fsp3) is 0.625. The summed E-state index contributed by atoms with van der Waals surface area (Å²) in [6.45, 7) is 8.93. The molecule has 116 valence electrons. The number of pyridine rings is 1. The summed E-state index contributed by atoms with van der Waals surface area (Å²) in [5.41, 5.74) is 1.10. The zero-order valence-corrected chi connectivity index (χ0v) is 13.9. The quantitative estimate of drug-likeness (QED) is 0.646. The van der Waals surface area contributed by atoms with Crippen molar-refractivity contribution < 1.29 is 0 Å². The molecule has 0 aliphatic carbocycles. The maximum atomic E-state index is 5.31. The lowest BCUT2D eigenvalue weighted by molar-refractivity contribution is 0.182. The number of nitrogens with one attached hydrogen (secondary N) is 2. The molecule has 4 nitrogen and oxygen atoms in total. The van der Waals surface area contributed by atoms with E-state index < -0.39 is 0 Å². The molecule has 1 aromatic rings. The molecule has 0 saturated carbocycles. The van der Waals surface area contributed by atoms with E-state index in [2.05, 4.69) is 27.4 Å². The number of hydrogen-bond donors (Lipinski definition) is 2. The van der Waals surface area contributed by atoms with Gasteiger partial charge >= 0.3 is 0 Å². The smallest absolute Gasteiger partial charge is 0.171 e. The molecule has 0 radical (unpaired) electrons. The van der Waals surface area contributed by atoms with Crippen molar-refractivity contribution in [3.05, 3.63) is 23.9 Å². The molecule has 1 unspecified atom stereocenters. The molecule has 1 saturated heterocycles. The van der Waals surface area contributed by atoms with E-state index >= 15 is 0 Å². The summed E-state index contributed by atoms with van der Waals surface area (Å²) in [6, 6.07) is 3.95. The molecule has 1 fully saturated rings. The molecular formula is C16H26N4S. The molecule has 21 heavy (non-hydrogen) atoms. The first-order valence-corrected chi connectivity index (χ1v) is 8.25. The number of thiocarbonyl (C=S) groups is 1. The predicted molar refractivity (Wildman–Crippen MR) is 92.7 cm³/mol. The molecule has 2 N–H and O–H groups in total. The van der Waals surface area contributed by atoms with Gasteiger partial charge < -0.3 is 15.5 Å². The van der Waals surface area contributed by atoms with E-state index in [0.717, 1.165) is 36.8 Å². The number of nitrogens with zero attached hydrogens (tertiary/aromatic N) is 2. The van der Waals surface area contributed by atoms with Gasteiger partial charge in [-0.15, -0.1) is 0 Å². The summed E-state index contributed by atoms with van der Waals surface area (Å²) in [6.07, 6.45) is 5.62. The van der Waals surface area contributed by atoms with Crippen LogP contribution in [0.15, 0.2) is 18.3 Å². The van der Waals surface area contributed by atoms with E-state index in [0.29, 0.717) is 5.11 Å². The van der Waals surface area contributed by atoms with Crippen LogP contribution in [0.3, 0.4) is 0 Å². The van der Waals surface area contributed by atoms with Crippen LogP contribution >= 0.6 is 12.2 Å². The Morgan fingerprint density at radius 1 is 1.52 bits per heavy atom. The molecule has 1 aliphatic rings. The van der Waals surface area contributed by atoms with Crippen molar-refractivity contribution in [1.29, 1.82) is 0 Å². The minimum atomic E-state index is 0.656. The van der Waals surface area contributed by atoms with E-state index in [1.165, 1.54) is 25.9 Å². The number of aromatic nitrogens is 1. The highest BCUT2D eigenvalue weighted by Gasteiger charge is 2.15. The molecule has 0 bridgehead atoms. The third-order valence-corrected chi connectivity index (χ3v) is 4.17. The molecule has 0 amide bonds. The number of rotatable bonds is 5. The monoisotopic (exact) mass is 306 g/mol. The summed E-state index contributed by atoms with van der Waals surface area (Å²) in [7, 11) is 0. The molecule has 1 atom stereocenters. The van der Waals surface area contributed by atoms with Gasteiger partial charge in [-0.2, -0.15) is 0 Å². The summed E-state index contributed by atoms with van der Waals surface area (Å²) < 4.78 is 0. The van der Waals surface area contributed by atoms with Crippen LogP contribution in [0.4, 0.5) is 5.82 Å². The first kappa shape index (κ1) is 16.2. The van der Waals surface area contributed by atoms with Gasteiger partial charge in [0.05, 0.1) is 0 Å². The van der Waals surface area contributed by atoms with Crippen LogP contribution in [0.5, 0.6) is 0 Å². The molecule has 2 heterocycles. The number of hydrogen-bond acceptors (Lipinski definition) is 3. The highest BCUT2D eigenvalue weighted by atomic mass is 32.1. The molecule has 0 aromatic carbocycles. The Morgan fingerprint density at radius 3 is 3.14 bits per heavy atom. The highest BCUT2D eigenvalue weighted by Crippen LogP contribution is 2.15. The third kappa shape index (κ3) is 5.59. The SMILES string of the molecule is Cc1cccnc1NC(=S)NCCCN1CCCC(C)C1. The van der Waals surface area contributed by atoms with Crippen molar-refractivity contribution >= 4 is 23.1 Å². The fourth-order valence-electron chi connectivity index (χ4n) is 2.76. The number of likely N-dealkylation sites (tertiary alicyclic amines) is 1. The average Bonchev–Trinajstić information content (AvgIpc) is 2.46. The van der Waals surface area contributed by atoms with Crippen molar-refractivity contribution in [3.63, 3.8) is 0 Å². The Labute approximate surface area is 133 Å². The first-order chi connectivity index (χ1) is 10.1. The van der Waals surface area contributed by atoms with Crippen molar-refractivity contribution in [3.8, 4) is 0 Å². The minimum absolute atomic E-state index is 0.656. The molecule has 0 spiro atoms. The molecule has 1 aliphatic heterocycles. The van der Waals surface area contributed by atoms with Crippen molar-refractivity contribution in [2.24, 2.45) is 5.92 Å². The van der Waals surface area contributed by atoms with E-state index in [4.69, 9.17) is 12.2 Å². The fourth-order valence-corrected chi connectivity index (χ4v) is 2.96. The van der Waals surface area contributed by atoms with Crippen LogP contribution in [-0.2, 0) is 0 Å². The normalized spacial score (nSPS) is 19.2. The van der Waals surface area contributed by atoms with Crippen LogP contribution in [-0.4, -0.2) is 41.2 Å². The zero-order valence-electron chi connectivity index (χ0n) is 13.1. The molecular weight excluding hydrogens is 280 g/mol. The third-order valence-electron chi connectivity index (χ3n) is 3.92. The van der Waals surface area contributed by atoms with Crippen LogP contribution in [0, 0.1) is 12.8 Å². The zero-order chi connectivity index (χ0) is 15.1. The van der Waals surface area contributed by atoms with Gasteiger partial charge in [0.25, 0.3) is 0 Å². The van der Waals surface area contributed by atoms with Crippen LogP contribution < -0.4 is 10.6 Å². The average molecular weight is 306 g/mol. The maximum Gasteiger partial charge on any atom is 0.171 e. The van der Waals surface area contributed by atoms with Gasteiger partial charge in [0.15, 0.2) is 5.11 Å². The first-order valence-electron chi connectivity index (χ1n) is 7.84. The lowest BCUT2D eigenvalue weighted by atomic mass is 10.0. The molecule has 2 rings (SSSR count). The standard InChI is InChI=1S/C16H26N4S/c1-13-6-4-10-20(12-13)11-5-9-18-16(21)19-15-14(2)7-3-8-17-15/h3,7-8,13H,4-6,9-12H2,1-2H3,(H2,17,18,19,21). The lowest BCUT2D eigenvalue weighted by Crippen LogP contribution is -2.37. The number of anilines is 1. The second kappa shape index (κ2) is 8.29. The maximum absolute atomic E-state index is 5.31. The van der Waals surface area contributed by atoms with Crippen LogP contribution in [0.2, 0.25) is 0 Å². The Morgan fingerprint density at radius 2 is 2.38 bits per heavy atom. The summed E-state index contributed by atoms with van der Waals surface area (Å²) in [5.74, 6) is 1.68. The molecule has 1 aromatic heterocycles. The number of aryl methyl sites for hydroxylation is 1. The van der Waals surface area contributed by atoms with Gasteiger partial charge in [0, 0.05) is 19.3 Å². The van der Waals surface area contributed by atoms with E-state index in [9.17, 15) is 0 Å². The van der Waals surface area contributed by atoms with Crippen molar-refractivity contribution in [1.82, 2.24) is 15.2 Å². The van der Waals surface area contributed by atoms with Gasteiger partial charge in [0.1, 0.15) is 5.82 Å². The van der Waals surface area contributed by atoms with Gasteiger partial charge in [-0.1, -0.05) is 13.0 Å². The summed E-state index contributed by atoms with van der Waals surface area (Å²) >= 11 is 5.31. The Balaban J connectivity index is 1.62. The van der Waals surface area contributed by atoms with Crippen molar-refractivity contribution in [2.75, 3.05) is 31.5 Å². The van der Waals surface area contributed by atoms with Crippen LogP contribution in [0.25, 0.3) is 0 Å². The molecule has 5 heteroatoms. The second-order valence-electron chi connectivity index (χ2n) is 5.95. The van der Waals surface area contributed by atoms with Gasteiger partial charge in [0.2, 0.25) is 0 Å². The van der Waals surface area contributed by atoms with Gasteiger partial charge in [-0.25, -0.2) is 4.98 Å². The Kier molecular flexibility index (Phi) is 6.39. The summed E-state index contributed by atoms with van der Waals surface area (Å²) in [5, 5.41) is 7.07. The Bertz CT molecular complexity index is 463. The highest BCUT2D eigenvalue weighted by molar-refractivity contribution is 7.80. The topological polar surface area (TPSA) is 40.2 Å². The Hall–Kier alpha value is -1.20. The summed E-state index contributed by atoms with van der Waals surface area (Å²) in [4.78, 5) is 6.85. The van der Waals surface area contributed by atoms with Gasteiger partial charge in [-0.05, 0) is 69.0 Å². The van der Waals surface area contributed by atoms with Crippen LogP contribution in [0.1, 0.15) is 31.7 Å². The van der Waals surface area contributed by atoms with E-state index in [1.54, 1.807) is 6.20 Å². The second-order valence-corrected chi connectivity index (χ2v) is 6.36. The van der Waals surface area contributed by atoms with E-state index in [1.807, 2.05) is 19.1 Å². The number of piperidine rings is 1. The van der Waals surface area contributed by atoms with Crippen molar-refractivity contribution in [2.45, 2.75) is 33.1 Å². The predicted octanol–water partition coefficient (Wildman–Crippen LogP) is 2.80. The van der Waals surface area contributed by atoms with E-state index in [-0.39, 0.29) is 0 Å². The largest absolute Gasteiger partial charge is 0.362 e. The lowest BCUT2D eigenvalue weighted by Gasteiger charge is -2.30. The minimum Gasteiger partial charge on any atom is -0.362 e.